The molecule has 0 bridgehead atoms. The van der Waals surface area contributed by atoms with Gasteiger partial charge in [0.15, 0.2) is 0 Å². The molecule has 1 aliphatic rings. The van der Waals surface area contributed by atoms with Crippen LogP contribution in [-0.2, 0) is 13.0 Å². The van der Waals surface area contributed by atoms with Gasteiger partial charge in [0, 0.05) is 59.8 Å². The van der Waals surface area contributed by atoms with Gasteiger partial charge in [-0.05, 0) is 64.9 Å². The zero-order chi connectivity index (χ0) is 26.2. The van der Waals surface area contributed by atoms with Crippen LogP contribution in [0.1, 0.15) is 21.5 Å². The van der Waals surface area contributed by atoms with Gasteiger partial charge < -0.3 is 26.0 Å². The van der Waals surface area contributed by atoms with Crippen LogP contribution in [-0.4, -0.2) is 61.6 Å². The molecule has 0 aliphatic carbocycles. The quantitative estimate of drug-likeness (QED) is 0.311. The molecule has 8 nitrogen and oxygen atoms in total. The second-order valence-electron chi connectivity index (χ2n) is 8.98. The number of nitrogens with zero attached hydrogens (tertiary/aromatic N) is 2. The molecule has 1 heterocycles. The molecular weight excluding hydrogens is 581 g/mol. The molecule has 0 saturated carbocycles. The number of primary amides is 1. The largest absolute Gasteiger partial charge is 0.496 e. The van der Waals surface area contributed by atoms with Gasteiger partial charge in [0.25, 0.3) is 5.91 Å². The summed E-state index contributed by atoms with van der Waals surface area (Å²) >= 11 is 2.20. The summed E-state index contributed by atoms with van der Waals surface area (Å²) in [7, 11) is 1.52. The Morgan fingerprint density at radius 1 is 0.946 bits per heavy atom. The molecule has 3 aromatic rings. The number of ether oxygens (including phenoxy) is 1. The SMILES string of the molecule is COc1c(C(N)=O)ccc(NC(=O)Nc2cccc(I)c2)c1CCN1CCN(Cc2ccccc2)CC1. The van der Waals surface area contributed by atoms with Crippen molar-refractivity contribution in [2.45, 2.75) is 13.0 Å². The molecule has 3 amide bonds. The van der Waals surface area contributed by atoms with E-state index in [0.29, 0.717) is 29.1 Å². The highest BCUT2D eigenvalue weighted by atomic mass is 127. The molecule has 0 unspecified atom stereocenters. The van der Waals surface area contributed by atoms with Gasteiger partial charge in [-0.3, -0.25) is 9.69 Å². The van der Waals surface area contributed by atoms with E-state index in [9.17, 15) is 9.59 Å². The van der Waals surface area contributed by atoms with Crippen molar-refractivity contribution in [2.75, 3.05) is 50.5 Å². The lowest BCUT2D eigenvalue weighted by molar-refractivity contribution is 0.0997. The first-order chi connectivity index (χ1) is 17.9. The number of anilines is 2. The minimum absolute atomic E-state index is 0.300. The number of methoxy groups -OCH3 is 1. The molecule has 194 valence electrons. The summed E-state index contributed by atoms with van der Waals surface area (Å²) in [5, 5.41) is 5.79. The van der Waals surface area contributed by atoms with Crippen molar-refractivity contribution < 1.29 is 14.3 Å². The number of hydrogen-bond acceptors (Lipinski definition) is 5. The molecule has 0 aromatic heterocycles. The van der Waals surface area contributed by atoms with E-state index in [4.69, 9.17) is 10.5 Å². The number of carbonyl (C=O) groups excluding carboxylic acids is 2. The number of piperazine rings is 1. The van der Waals surface area contributed by atoms with Crippen LogP contribution in [0.5, 0.6) is 5.75 Å². The Hall–Kier alpha value is -3.15. The standard InChI is InChI=1S/C28H32IN5O3/c1-37-26-23(12-13-33-14-16-34(17-15-33)19-20-6-3-2-4-7-20)25(11-10-24(26)27(30)35)32-28(36)31-22-9-5-8-21(29)18-22/h2-11,18H,12-17,19H2,1H3,(H2,30,35)(H2,31,32,36). The second-order valence-corrected chi connectivity index (χ2v) is 10.2. The number of urea groups is 1. The summed E-state index contributed by atoms with van der Waals surface area (Å²) in [6.45, 7) is 5.58. The Bertz CT molecular complexity index is 1230. The Morgan fingerprint density at radius 3 is 2.35 bits per heavy atom. The first-order valence-electron chi connectivity index (χ1n) is 12.2. The van der Waals surface area contributed by atoms with E-state index in [-0.39, 0.29) is 6.03 Å². The van der Waals surface area contributed by atoms with Gasteiger partial charge in [-0.25, -0.2) is 4.79 Å². The predicted molar refractivity (Wildman–Crippen MR) is 155 cm³/mol. The third-order valence-electron chi connectivity index (χ3n) is 6.45. The zero-order valence-corrected chi connectivity index (χ0v) is 23.0. The van der Waals surface area contributed by atoms with Crippen molar-refractivity contribution in [2.24, 2.45) is 5.73 Å². The lowest BCUT2D eigenvalue weighted by Crippen LogP contribution is -2.46. The number of rotatable bonds is 9. The summed E-state index contributed by atoms with van der Waals surface area (Å²) in [5.41, 5.74) is 9.27. The first kappa shape index (κ1) is 26.9. The van der Waals surface area contributed by atoms with Crippen LogP contribution in [0, 0.1) is 3.57 Å². The molecule has 1 saturated heterocycles. The maximum Gasteiger partial charge on any atom is 0.323 e. The molecule has 4 rings (SSSR count). The van der Waals surface area contributed by atoms with Crippen molar-refractivity contribution in [1.82, 2.24) is 9.80 Å². The number of nitrogens with two attached hydrogens (primary N) is 1. The van der Waals surface area contributed by atoms with Gasteiger partial charge in [-0.15, -0.1) is 0 Å². The number of amides is 3. The van der Waals surface area contributed by atoms with Crippen LogP contribution in [0.25, 0.3) is 0 Å². The third kappa shape index (κ3) is 7.43. The lowest BCUT2D eigenvalue weighted by Gasteiger charge is -2.35. The zero-order valence-electron chi connectivity index (χ0n) is 20.9. The maximum atomic E-state index is 12.8. The summed E-state index contributed by atoms with van der Waals surface area (Å²) in [4.78, 5) is 29.7. The fraction of sp³-hybridized carbons (Fsp3) is 0.286. The topological polar surface area (TPSA) is 99.9 Å². The minimum atomic E-state index is -0.567. The second kappa shape index (κ2) is 12.9. The average Bonchev–Trinajstić information content (AvgIpc) is 2.89. The highest BCUT2D eigenvalue weighted by molar-refractivity contribution is 14.1. The molecule has 0 atom stereocenters. The van der Waals surface area contributed by atoms with Gasteiger partial charge in [0.2, 0.25) is 0 Å². The Kier molecular flexibility index (Phi) is 9.37. The van der Waals surface area contributed by atoms with Crippen molar-refractivity contribution in [3.8, 4) is 5.75 Å². The third-order valence-corrected chi connectivity index (χ3v) is 7.12. The van der Waals surface area contributed by atoms with Gasteiger partial charge in [0.05, 0.1) is 12.7 Å². The van der Waals surface area contributed by atoms with E-state index in [2.05, 4.69) is 67.3 Å². The minimum Gasteiger partial charge on any atom is -0.496 e. The van der Waals surface area contributed by atoms with E-state index >= 15 is 0 Å². The number of halogens is 1. The number of carbonyl (C=O) groups is 2. The fourth-order valence-corrected chi connectivity index (χ4v) is 5.10. The highest BCUT2D eigenvalue weighted by Gasteiger charge is 2.22. The summed E-state index contributed by atoms with van der Waals surface area (Å²) in [6, 6.07) is 21.0. The molecule has 37 heavy (non-hydrogen) atoms. The predicted octanol–water partition coefficient (Wildman–Crippen LogP) is 4.40. The lowest BCUT2D eigenvalue weighted by atomic mass is 10.0. The van der Waals surface area contributed by atoms with Crippen molar-refractivity contribution in [1.29, 1.82) is 0 Å². The average molecular weight is 614 g/mol. The molecule has 4 N–H and O–H groups in total. The van der Waals surface area contributed by atoms with E-state index in [0.717, 1.165) is 48.4 Å². The smallest absolute Gasteiger partial charge is 0.323 e. The van der Waals surface area contributed by atoms with Crippen LogP contribution >= 0.6 is 22.6 Å². The first-order valence-corrected chi connectivity index (χ1v) is 13.3. The Balaban J connectivity index is 1.43. The number of hydrogen-bond donors (Lipinski definition) is 3. The van der Waals surface area contributed by atoms with Gasteiger partial charge in [-0.2, -0.15) is 0 Å². The van der Waals surface area contributed by atoms with Crippen molar-refractivity contribution >= 4 is 45.9 Å². The van der Waals surface area contributed by atoms with Gasteiger partial charge in [0.1, 0.15) is 5.75 Å². The van der Waals surface area contributed by atoms with Crippen molar-refractivity contribution in [3.63, 3.8) is 0 Å². The Morgan fingerprint density at radius 2 is 1.68 bits per heavy atom. The molecule has 1 fully saturated rings. The van der Waals surface area contributed by atoms with E-state index in [1.807, 2.05) is 30.3 Å². The molecule has 9 heteroatoms. The van der Waals surface area contributed by atoms with E-state index < -0.39 is 5.91 Å². The monoisotopic (exact) mass is 613 g/mol. The molecule has 1 aliphatic heterocycles. The molecule has 3 aromatic carbocycles. The molecular formula is C28H32IN5O3. The fourth-order valence-electron chi connectivity index (χ4n) is 4.55. The van der Waals surface area contributed by atoms with Crippen LogP contribution in [0.3, 0.4) is 0 Å². The van der Waals surface area contributed by atoms with Gasteiger partial charge in [-0.1, -0.05) is 36.4 Å². The maximum absolute atomic E-state index is 12.8. The highest BCUT2D eigenvalue weighted by Crippen LogP contribution is 2.32. The Labute approximate surface area is 231 Å². The van der Waals surface area contributed by atoms with Crippen LogP contribution in [0.4, 0.5) is 16.2 Å². The van der Waals surface area contributed by atoms with Crippen LogP contribution < -0.4 is 21.1 Å². The summed E-state index contributed by atoms with van der Waals surface area (Å²) < 4.78 is 6.64. The van der Waals surface area contributed by atoms with Gasteiger partial charge >= 0.3 is 6.03 Å². The normalized spacial score (nSPS) is 14.2. The van der Waals surface area contributed by atoms with E-state index in [1.54, 1.807) is 12.1 Å². The molecule has 0 radical (unpaired) electrons. The number of nitrogens with one attached hydrogen (secondary N) is 2. The number of benzene rings is 3. The molecule has 0 spiro atoms. The van der Waals surface area contributed by atoms with Crippen LogP contribution in [0.2, 0.25) is 0 Å². The summed E-state index contributed by atoms with van der Waals surface area (Å²) in [5.74, 6) is -0.162. The van der Waals surface area contributed by atoms with E-state index in [1.165, 1.54) is 12.7 Å². The van der Waals surface area contributed by atoms with Crippen LogP contribution in [0.15, 0.2) is 66.7 Å². The summed E-state index contributed by atoms with van der Waals surface area (Å²) in [6.07, 6.45) is 0.599. The van der Waals surface area contributed by atoms with Crippen molar-refractivity contribution in [3.05, 3.63) is 87.0 Å².